The van der Waals surface area contributed by atoms with E-state index in [1.807, 2.05) is 31.2 Å². The summed E-state index contributed by atoms with van der Waals surface area (Å²) < 4.78 is 0. The number of benzene rings is 1. The number of nitrogens with one attached hydrogen (secondary N) is 2. The van der Waals surface area contributed by atoms with Gasteiger partial charge in [-0.1, -0.05) is 37.5 Å². The third kappa shape index (κ3) is 4.23. The average Bonchev–Trinajstić information content (AvgIpc) is 2.68. The van der Waals surface area contributed by atoms with Crippen LogP contribution in [0.5, 0.6) is 0 Å². The molecule has 1 aromatic rings. The lowest BCUT2D eigenvalue weighted by molar-refractivity contribution is -0.126. The highest BCUT2D eigenvalue weighted by Crippen LogP contribution is 2.28. The topological polar surface area (TPSA) is 73.8 Å². The minimum Gasteiger partial charge on any atom is -0.354 e. The van der Waals surface area contributed by atoms with E-state index in [0.29, 0.717) is 13.1 Å². The van der Waals surface area contributed by atoms with Crippen molar-refractivity contribution in [3.05, 3.63) is 29.8 Å². The largest absolute Gasteiger partial charge is 0.354 e. The van der Waals surface area contributed by atoms with Gasteiger partial charge < -0.3 is 15.6 Å². The molecular formula is C20H28N4O2. The van der Waals surface area contributed by atoms with Gasteiger partial charge in [-0.15, -0.1) is 0 Å². The normalized spacial score (nSPS) is 19.3. The predicted octanol–water partition coefficient (Wildman–Crippen LogP) is 2.43. The standard InChI is InChI=1S/C20H28N4O2/c1-2-22-23-17-14-19(25)24(18-11-7-6-10-16(17)18)13-12-21-20(26)15-8-4-3-5-9-15/h6-7,10-11,15,22H,2-5,8-9,12-14H2,1H3,(H,21,26)/b23-17+. The molecule has 0 saturated heterocycles. The maximum atomic E-state index is 12.6. The lowest BCUT2D eigenvalue weighted by Crippen LogP contribution is -2.44. The van der Waals surface area contributed by atoms with Crippen molar-refractivity contribution in [1.82, 2.24) is 10.7 Å². The second kappa shape index (κ2) is 8.83. The molecule has 1 saturated carbocycles. The number of amides is 2. The fourth-order valence-corrected chi connectivity index (χ4v) is 3.74. The quantitative estimate of drug-likeness (QED) is 0.769. The van der Waals surface area contributed by atoms with E-state index in [9.17, 15) is 9.59 Å². The van der Waals surface area contributed by atoms with E-state index >= 15 is 0 Å². The molecule has 0 radical (unpaired) electrons. The van der Waals surface area contributed by atoms with Gasteiger partial charge in [0.1, 0.15) is 0 Å². The summed E-state index contributed by atoms with van der Waals surface area (Å²) in [4.78, 5) is 26.7. The number of hydrogen-bond acceptors (Lipinski definition) is 4. The monoisotopic (exact) mass is 356 g/mol. The number of para-hydroxylation sites is 1. The zero-order valence-electron chi connectivity index (χ0n) is 15.5. The van der Waals surface area contributed by atoms with Gasteiger partial charge >= 0.3 is 0 Å². The molecular weight excluding hydrogens is 328 g/mol. The molecule has 6 heteroatoms. The third-order valence-corrected chi connectivity index (χ3v) is 5.11. The summed E-state index contributed by atoms with van der Waals surface area (Å²) in [5, 5.41) is 7.37. The van der Waals surface area contributed by atoms with Gasteiger partial charge in [0.25, 0.3) is 0 Å². The van der Waals surface area contributed by atoms with Crippen molar-refractivity contribution in [3.63, 3.8) is 0 Å². The molecule has 1 heterocycles. The lowest BCUT2D eigenvalue weighted by Gasteiger charge is -2.30. The Morgan fingerprint density at radius 3 is 2.77 bits per heavy atom. The van der Waals surface area contributed by atoms with Crippen LogP contribution >= 0.6 is 0 Å². The van der Waals surface area contributed by atoms with Gasteiger partial charge in [-0.2, -0.15) is 5.10 Å². The van der Waals surface area contributed by atoms with Gasteiger partial charge in [0.05, 0.1) is 17.8 Å². The molecule has 1 aliphatic heterocycles. The van der Waals surface area contributed by atoms with Crippen molar-refractivity contribution < 1.29 is 9.59 Å². The summed E-state index contributed by atoms with van der Waals surface area (Å²) in [5.41, 5.74) is 5.57. The van der Waals surface area contributed by atoms with Gasteiger partial charge in [0.2, 0.25) is 11.8 Å². The third-order valence-electron chi connectivity index (χ3n) is 5.11. The maximum Gasteiger partial charge on any atom is 0.233 e. The molecule has 0 spiro atoms. The van der Waals surface area contributed by atoms with Crippen LogP contribution in [0.3, 0.4) is 0 Å². The molecule has 0 bridgehead atoms. The fraction of sp³-hybridized carbons (Fsp3) is 0.550. The summed E-state index contributed by atoms with van der Waals surface area (Å²) in [5.74, 6) is 0.302. The number of rotatable bonds is 6. The molecule has 2 aliphatic rings. The van der Waals surface area contributed by atoms with Crippen LogP contribution in [0, 0.1) is 5.92 Å². The highest BCUT2D eigenvalue weighted by molar-refractivity contribution is 6.21. The molecule has 26 heavy (non-hydrogen) atoms. The number of carbonyl (C=O) groups excluding carboxylic acids is 2. The Bertz CT molecular complexity index is 680. The molecule has 1 aliphatic carbocycles. The van der Waals surface area contributed by atoms with E-state index in [1.54, 1.807) is 4.90 Å². The Morgan fingerprint density at radius 2 is 2.00 bits per heavy atom. The van der Waals surface area contributed by atoms with Crippen molar-refractivity contribution in [2.45, 2.75) is 45.4 Å². The Labute approximate surface area is 155 Å². The fourth-order valence-electron chi connectivity index (χ4n) is 3.74. The van der Waals surface area contributed by atoms with Crippen molar-refractivity contribution in [1.29, 1.82) is 0 Å². The molecule has 2 N–H and O–H groups in total. The van der Waals surface area contributed by atoms with Crippen LogP contribution in [0.25, 0.3) is 0 Å². The first-order valence-corrected chi connectivity index (χ1v) is 9.67. The number of fused-ring (bicyclic) bond motifs is 1. The van der Waals surface area contributed by atoms with Crippen molar-refractivity contribution >= 4 is 23.2 Å². The smallest absolute Gasteiger partial charge is 0.233 e. The minimum atomic E-state index is 0.0206. The van der Waals surface area contributed by atoms with Crippen molar-refractivity contribution in [2.75, 3.05) is 24.5 Å². The zero-order valence-corrected chi connectivity index (χ0v) is 15.5. The molecule has 1 fully saturated rings. The summed E-state index contributed by atoms with van der Waals surface area (Å²) >= 11 is 0. The lowest BCUT2D eigenvalue weighted by atomic mass is 9.89. The average molecular weight is 356 g/mol. The SMILES string of the molecule is CCN/N=C1\CC(=O)N(CCNC(=O)C2CCCCC2)c2ccccc21. The molecule has 0 unspecified atom stereocenters. The predicted molar refractivity (Wildman–Crippen MR) is 103 cm³/mol. The number of anilines is 1. The van der Waals surface area contributed by atoms with Crippen LogP contribution in [0.2, 0.25) is 0 Å². The van der Waals surface area contributed by atoms with Gasteiger partial charge in [-0.3, -0.25) is 9.59 Å². The van der Waals surface area contributed by atoms with E-state index in [-0.39, 0.29) is 24.2 Å². The van der Waals surface area contributed by atoms with E-state index in [1.165, 1.54) is 6.42 Å². The van der Waals surface area contributed by atoms with E-state index in [0.717, 1.165) is 49.2 Å². The Balaban J connectivity index is 1.64. The van der Waals surface area contributed by atoms with E-state index in [2.05, 4.69) is 15.8 Å². The van der Waals surface area contributed by atoms with Crippen LogP contribution in [-0.2, 0) is 9.59 Å². The Hall–Kier alpha value is -2.37. The molecule has 1 aromatic carbocycles. The summed E-state index contributed by atoms with van der Waals surface area (Å²) in [6.07, 6.45) is 5.78. The van der Waals surface area contributed by atoms with Crippen LogP contribution in [-0.4, -0.2) is 37.2 Å². The summed E-state index contributed by atoms with van der Waals surface area (Å²) in [6.45, 7) is 3.66. The van der Waals surface area contributed by atoms with Gasteiger partial charge in [-0.25, -0.2) is 0 Å². The zero-order chi connectivity index (χ0) is 18.4. The van der Waals surface area contributed by atoms with E-state index < -0.39 is 0 Å². The molecule has 3 rings (SSSR count). The number of carbonyl (C=O) groups is 2. The molecule has 0 aromatic heterocycles. The summed E-state index contributed by atoms with van der Waals surface area (Å²) in [6, 6.07) is 7.82. The van der Waals surface area contributed by atoms with Crippen LogP contribution in [0.4, 0.5) is 5.69 Å². The van der Waals surface area contributed by atoms with Crippen LogP contribution in [0.1, 0.15) is 51.0 Å². The molecule has 140 valence electrons. The molecule has 0 atom stereocenters. The second-order valence-corrected chi connectivity index (χ2v) is 6.94. The van der Waals surface area contributed by atoms with Gasteiger partial charge in [0.15, 0.2) is 0 Å². The summed E-state index contributed by atoms with van der Waals surface area (Å²) in [7, 11) is 0. The van der Waals surface area contributed by atoms with Gasteiger partial charge in [-0.05, 0) is 25.8 Å². The molecule has 2 amide bonds. The van der Waals surface area contributed by atoms with E-state index in [4.69, 9.17) is 0 Å². The number of hydrazone groups is 1. The van der Waals surface area contributed by atoms with Crippen molar-refractivity contribution in [2.24, 2.45) is 11.0 Å². The van der Waals surface area contributed by atoms with Crippen molar-refractivity contribution in [3.8, 4) is 0 Å². The van der Waals surface area contributed by atoms with Crippen LogP contribution < -0.4 is 15.6 Å². The Morgan fingerprint density at radius 1 is 1.23 bits per heavy atom. The first-order chi connectivity index (χ1) is 12.7. The van der Waals surface area contributed by atoms with Gasteiger partial charge in [0, 0.05) is 31.1 Å². The Kier molecular flexibility index (Phi) is 6.26. The maximum absolute atomic E-state index is 12.6. The molecule has 6 nitrogen and oxygen atoms in total. The highest BCUT2D eigenvalue weighted by atomic mass is 16.2. The number of nitrogens with zero attached hydrogens (tertiary/aromatic N) is 2. The minimum absolute atomic E-state index is 0.0206. The first kappa shape index (κ1) is 18.4. The van der Waals surface area contributed by atoms with Crippen LogP contribution in [0.15, 0.2) is 29.4 Å². The number of hydrogen-bond donors (Lipinski definition) is 2. The highest BCUT2D eigenvalue weighted by Gasteiger charge is 2.28. The first-order valence-electron chi connectivity index (χ1n) is 9.67. The second-order valence-electron chi connectivity index (χ2n) is 6.94.